The molecule has 0 unspecified atom stereocenters. The molecule has 11 heavy (non-hydrogen) atoms. The van der Waals surface area contributed by atoms with Crippen molar-refractivity contribution in [3.05, 3.63) is 29.8 Å². The van der Waals surface area contributed by atoms with Crippen LogP contribution in [0.15, 0.2) is 24.3 Å². The molecular formula is C7H8ClNO2. The van der Waals surface area contributed by atoms with E-state index < -0.39 is 5.97 Å². The van der Waals surface area contributed by atoms with Crippen LogP contribution in [-0.4, -0.2) is 11.1 Å². The van der Waals surface area contributed by atoms with Crippen LogP contribution in [0.5, 0.6) is 0 Å². The molecule has 0 bridgehead atoms. The van der Waals surface area contributed by atoms with E-state index in [-0.39, 0.29) is 18.0 Å². The van der Waals surface area contributed by atoms with Gasteiger partial charge >= 0.3 is 5.97 Å². The number of carbonyl (C=O) groups is 1. The van der Waals surface area contributed by atoms with Crippen LogP contribution in [0, 0.1) is 0 Å². The van der Waals surface area contributed by atoms with Gasteiger partial charge in [0.25, 0.3) is 0 Å². The molecule has 3 nitrogen and oxygen atoms in total. The lowest BCUT2D eigenvalue weighted by atomic mass is 10.2. The minimum atomic E-state index is -0.988. The van der Waals surface area contributed by atoms with Gasteiger partial charge in [-0.25, -0.2) is 4.79 Å². The lowest BCUT2D eigenvalue weighted by Gasteiger charge is -1.96. The number of halogens is 1. The fraction of sp³-hybridized carbons (Fsp3) is 0. The first kappa shape index (κ1) is 9.78. The van der Waals surface area contributed by atoms with Gasteiger partial charge in [0.2, 0.25) is 0 Å². The Morgan fingerprint density at radius 3 is 2.27 bits per heavy atom. The minimum Gasteiger partial charge on any atom is -0.478 e. The second-order valence-corrected chi connectivity index (χ2v) is 1.89. The molecule has 3 N–H and O–H groups in total. The molecule has 0 saturated carbocycles. The van der Waals surface area contributed by atoms with Crippen LogP contribution in [-0.2, 0) is 0 Å². The fourth-order valence-electron chi connectivity index (χ4n) is 0.692. The Labute approximate surface area is 70.2 Å². The summed E-state index contributed by atoms with van der Waals surface area (Å²) in [5.74, 6) is -0.988. The van der Waals surface area contributed by atoms with E-state index >= 15 is 0 Å². The van der Waals surface area contributed by atoms with E-state index in [0.29, 0.717) is 5.69 Å². The smallest absolute Gasteiger partial charge is 0.337 e. The number of hydrogen-bond acceptors (Lipinski definition) is 2. The maximum atomic E-state index is 10.3. The van der Waals surface area contributed by atoms with E-state index in [9.17, 15) is 4.79 Å². The van der Waals surface area contributed by atoms with E-state index in [1.54, 1.807) is 18.2 Å². The molecule has 0 spiro atoms. The summed E-state index contributed by atoms with van der Waals surface area (Å²) in [6, 6.07) is 6.36. The molecule has 0 radical (unpaired) electrons. The fourth-order valence-corrected chi connectivity index (χ4v) is 0.692. The van der Waals surface area contributed by atoms with Crippen LogP contribution in [0.3, 0.4) is 0 Å². The number of carboxylic acids is 1. The predicted octanol–water partition coefficient (Wildman–Crippen LogP) is 1.39. The Morgan fingerprint density at radius 2 is 1.91 bits per heavy atom. The lowest BCUT2D eigenvalue weighted by molar-refractivity contribution is 0.0698. The predicted molar refractivity (Wildman–Crippen MR) is 45.1 cm³/mol. The van der Waals surface area contributed by atoms with Crippen LogP contribution in [0.25, 0.3) is 0 Å². The number of aromatic carboxylic acids is 1. The zero-order valence-electron chi connectivity index (χ0n) is 5.65. The highest BCUT2D eigenvalue weighted by Gasteiger charge is 2.03. The molecule has 0 amide bonds. The molecule has 0 aromatic heterocycles. The standard InChI is InChI=1S/C7H7NO2.ClH/c8-6-4-2-1-3-5(6)7(9)10;/h1-4H,8H2,(H,9,10);1H. The quantitative estimate of drug-likeness (QED) is 0.631. The molecular weight excluding hydrogens is 166 g/mol. The summed E-state index contributed by atoms with van der Waals surface area (Å²) in [5.41, 5.74) is 5.80. The molecule has 4 heteroatoms. The Bertz CT molecular complexity index is 262. The van der Waals surface area contributed by atoms with E-state index in [2.05, 4.69) is 0 Å². The summed E-state index contributed by atoms with van der Waals surface area (Å²) in [6.45, 7) is 0. The van der Waals surface area contributed by atoms with Gasteiger partial charge in [-0.15, -0.1) is 12.4 Å². The number of rotatable bonds is 1. The van der Waals surface area contributed by atoms with Crippen LogP contribution in [0.2, 0.25) is 0 Å². The average molecular weight is 174 g/mol. The third-order valence-electron chi connectivity index (χ3n) is 1.19. The zero-order valence-corrected chi connectivity index (χ0v) is 6.47. The van der Waals surface area contributed by atoms with Crippen molar-refractivity contribution in [1.82, 2.24) is 0 Å². The van der Waals surface area contributed by atoms with Crippen molar-refractivity contribution in [1.29, 1.82) is 0 Å². The Morgan fingerprint density at radius 1 is 1.36 bits per heavy atom. The molecule has 60 valence electrons. The SMILES string of the molecule is Cl.Nc1ccccc1C(=O)O. The summed E-state index contributed by atoms with van der Waals surface area (Å²) in [4.78, 5) is 10.3. The number of anilines is 1. The second kappa shape index (κ2) is 3.83. The highest BCUT2D eigenvalue weighted by molar-refractivity contribution is 5.93. The van der Waals surface area contributed by atoms with Crippen molar-refractivity contribution < 1.29 is 9.90 Å². The van der Waals surface area contributed by atoms with Crippen molar-refractivity contribution in [2.75, 3.05) is 5.73 Å². The number of nitrogens with two attached hydrogens (primary N) is 1. The Hall–Kier alpha value is -1.22. The van der Waals surface area contributed by atoms with Gasteiger partial charge in [0.05, 0.1) is 5.56 Å². The van der Waals surface area contributed by atoms with Gasteiger partial charge in [-0.1, -0.05) is 12.1 Å². The van der Waals surface area contributed by atoms with Crippen LogP contribution < -0.4 is 5.73 Å². The molecule has 0 aliphatic carbocycles. The van der Waals surface area contributed by atoms with Gasteiger partial charge in [0.15, 0.2) is 0 Å². The highest BCUT2D eigenvalue weighted by Crippen LogP contribution is 2.08. The Balaban J connectivity index is 0.000001000. The average Bonchev–Trinajstić information content (AvgIpc) is 1.88. The van der Waals surface area contributed by atoms with Crippen LogP contribution in [0.4, 0.5) is 5.69 Å². The van der Waals surface area contributed by atoms with Gasteiger partial charge in [-0.05, 0) is 12.1 Å². The third-order valence-corrected chi connectivity index (χ3v) is 1.19. The van der Waals surface area contributed by atoms with E-state index in [4.69, 9.17) is 10.8 Å². The van der Waals surface area contributed by atoms with Crippen molar-refractivity contribution in [2.45, 2.75) is 0 Å². The summed E-state index contributed by atoms with van der Waals surface area (Å²) < 4.78 is 0. The molecule has 0 saturated heterocycles. The van der Waals surface area contributed by atoms with Gasteiger partial charge in [-0.2, -0.15) is 0 Å². The highest BCUT2D eigenvalue weighted by atomic mass is 35.5. The molecule has 1 rings (SSSR count). The molecule has 0 atom stereocenters. The van der Waals surface area contributed by atoms with Gasteiger partial charge in [-0.3, -0.25) is 0 Å². The first-order chi connectivity index (χ1) is 4.72. The second-order valence-electron chi connectivity index (χ2n) is 1.89. The largest absolute Gasteiger partial charge is 0.478 e. The summed E-state index contributed by atoms with van der Waals surface area (Å²) in [7, 11) is 0. The van der Waals surface area contributed by atoms with Crippen molar-refractivity contribution in [3.63, 3.8) is 0 Å². The monoisotopic (exact) mass is 173 g/mol. The van der Waals surface area contributed by atoms with Gasteiger partial charge in [0.1, 0.15) is 0 Å². The number of carboxylic acid groups (broad SMARTS) is 1. The van der Waals surface area contributed by atoms with Gasteiger partial charge < -0.3 is 10.8 Å². The van der Waals surface area contributed by atoms with Crippen LogP contribution in [0.1, 0.15) is 10.4 Å². The molecule has 1 aromatic rings. The first-order valence-electron chi connectivity index (χ1n) is 2.79. The topological polar surface area (TPSA) is 63.3 Å². The normalized spacial score (nSPS) is 8.36. The summed E-state index contributed by atoms with van der Waals surface area (Å²) in [6.07, 6.45) is 0. The molecule has 0 aliphatic rings. The van der Waals surface area contributed by atoms with Crippen molar-refractivity contribution in [2.24, 2.45) is 0 Å². The number of para-hydroxylation sites is 1. The van der Waals surface area contributed by atoms with E-state index in [1.165, 1.54) is 6.07 Å². The molecule has 0 aliphatic heterocycles. The molecule has 0 heterocycles. The summed E-state index contributed by atoms with van der Waals surface area (Å²) in [5, 5.41) is 8.49. The maximum Gasteiger partial charge on any atom is 0.337 e. The zero-order chi connectivity index (χ0) is 7.56. The minimum absolute atomic E-state index is 0. The number of benzene rings is 1. The number of nitrogen functional groups attached to an aromatic ring is 1. The van der Waals surface area contributed by atoms with Gasteiger partial charge in [0, 0.05) is 5.69 Å². The lowest BCUT2D eigenvalue weighted by Crippen LogP contribution is -2.00. The maximum absolute atomic E-state index is 10.3. The Kier molecular flexibility index (Phi) is 3.40. The summed E-state index contributed by atoms with van der Waals surface area (Å²) >= 11 is 0. The molecule has 1 aromatic carbocycles. The first-order valence-corrected chi connectivity index (χ1v) is 2.79. The van der Waals surface area contributed by atoms with E-state index in [1.807, 2.05) is 0 Å². The number of hydrogen-bond donors (Lipinski definition) is 2. The van der Waals surface area contributed by atoms with Crippen LogP contribution >= 0.6 is 12.4 Å². The van der Waals surface area contributed by atoms with Crippen molar-refractivity contribution in [3.8, 4) is 0 Å². The van der Waals surface area contributed by atoms with Crippen molar-refractivity contribution >= 4 is 24.1 Å². The van der Waals surface area contributed by atoms with E-state index in [0.717, 1.165) is 0 Å². The third kappa shape index (κ3) is 2.13. The molecule has 0 fully saturated rings.